The largest absolute Gasteiger partial charge is 0.507 e. The van der Waals surface area contributed by atoms with Crippen LogP contribution in [-0.4, -0.2) is 27.4 Å². The van der Waals surface area contributed by atoms with Gasteiger partial charge in [-0.3, -0.25) is 4.79 Å². The number of aliphatic carboxylic acids is 1. The molecule has 4 nitrogen and oxygen atoms in total. The van der Waals surface area contributed by atoms with Gasteiger partial charge in [0.25, 0.3) is 0 Å². The third-order valence-electron chi connectivity index (χ3n) is 3.08. The fraction of sp³-hybridized carbons (Fsp3) is 0.364. The predicted octanol–water partition coefficient (Wildman–Crippen LogP) is 1.63. The van der Waals surface area contributed by atoms with E-state index in [9.17, 15) is 20.1 Å². The zero-order valence-electron chi connectivity index (χ0n) is 8.35. The molecule has 5 heteroatoms. The lowest BCUT2D eigenvalue weighted by atomic mass is 9.63. The van der Waals surface area contributed by atoms with Crippen molar-refractivity contribution in [1.29, 1.82) is 0 Å². The molecule has 0 unspecified atom stereocenters. The summed E-state index contributed by atoms with van der Waals surface area (Å²) in [6.07, 6.45) is -0.109. The Kier molecular flexibility index (Phi) is 2.67. The van der Waals surface area contributed by atoms with Gasteiger partial charge in [0.15, 0.2) is 0 Å². The molecule has 16 heavy (non-hydrogen) atoms. The number of phenols is 1. The lowest BCUT2D eigenvalue weighted by Gasteiger charge is -2.42. The summed E-state index contributed by atoms with van der Waals surface area (Å²) < 4.78 is 0.465. The number of aliphatic hydroxyl groups excluding tert-OH is 1. The van der Waals surface area contributed by atoms with Crippen molar-refractivity contribution in [3.63, 3.8) is 0 Å². The molecule has 0 atom stereocenters. The van der Waals surface area contributed by atoms with Gasteiger partial charge >= 0.3 is 5.97 Å². The van der Waals surface area contributed by atoms with Gasteiger partial charge in [-0.1, -0.05) is 6.07 Å². The Bertz CT molecular complexity index is 438. The molecule has 0 spiro atoms. The highest BCUT2D eigenvalue weighted by molar-refractivity contribution is 9.10. The number of hydrogen-bond acceptors (Lipinski definition) is 3. The van der Waals surface area contributed by atoms with Crippen LogP contribution in [0.4, 0.5) is 0 Å². The van der Waals surface area contributed by atoms with E-state index in [2.05, 4.69) is 15.9 Å². The average molecular weight is 287 g/mol. The molecule has 86 valence electrons. The molecule has 2 rings (SSSR count). The minimum Gasteiger partial charge on any atom is -0.507 e. The molecule has 3 N–H and O–H groups in total. The first-order chi connectivity index (χ1) is 7.45. The van der Waals surface area contributed by atoms with Crippen molar-refractivity contribution < 1.29 is 20.1 Å². The summed E-state index contributed by atoms with van der Waals surface area (Å²) in [6, 6.07) is 4.63. The van der Waals surface area contributed by atoms with Gasteiger partial charge < -0.3 is 15.3 Å². The van der Waals surface area contributed by atoms with Crippen molar-refractivity contribution >= 4 is 21.9 Å². The average Bonchev–Trinajstić information content (AvgIpc) is 2.17. The molecule has 0 aromatic heterocycles. The van der Waals surface area contributed by atoms with Crippen LogP contribution in [0.1, 0.15) is 18.4 Å². The second-order valence-corrected chi connectivity index (χ2v) is 4.97. The SMILES string of the molecule is O=C(O)C1(c2ccc(O)c(Br)c2)CC(O)C1. The maximum atomic E-state index is 11.3. The predicted molar refractivity (Wildman–Crippen MR) is 60.4 cm³/mol. The maximum Gasteiger partial charge on any atom is 0.314 e. The highest BCUT2D eigenvalue weighted by Gasteiger charge is 2.51. The fourth-order valence-corrected chi connectivity index (χ4v) is 2.46. The Labute approximate surface area is 101 Å². The van der Waals surface area contributed by atoms with Gasteiger partial charge in [0.2, 0.25) is 0 Å². The van der Waals surface area contributed by atoms with Crippen LogP contribution in [0, 0.1) is 0 Å². The van der Waals surface area contributed by atoms with Gasteiger partial charge in [-0.15, -0.1) is 0 Å². The molecular weight excluding hydrogens is 276 g/mol. The Morgan fingerprint density at radius 2 is 2.06 bits per heavy atom. The first-order valence-electron chi connectivity index (χ1n) is 4.86. The summed E-state index contributed by atoms with van der Waals surface area (Å²) in [5.41, 5.74) is -0.398. The maximum absolute atomic E-state index is 11.3. The Morgan fingerprint density at radius 1 is 1.44 bits per heavy atom. The van der Waals surface area contributed by atoms with Gasteiger partial charge in [-0.25, -0.2) is 0 Å². The zero-order valence-corrected chi connectivity index (χ0v) is 9.94. The molecule has 0 saturated heterocycles. The van der Waals surface area contributed by atoms with E-state index in [4.69, 9.17) is 0 Å². The molecule has 1 aliphatic rings. The first-order valence-corrected chi connectivity index (χ1v) is 5.65. The minimum absolute atomic E-state index is 0.0733. The summed E-state index contributed by atoms with van der Waals surface area (Å²) in [5.74, 6) is -0.862. The second-order valence-electron chi connectivity index (χ2n) is 4.12. The molecule has 0 amide bonds. The van der Waals surface area contributed by atoms with Crippen molar-refractivity contribution in [1.82, 2.24) is 0 Å². The van der Waals surface area contributed by atoms with Crippen LogP contribution < -0.4 is 0 Å². The number of aliphatic hydroxyl groups is 1. The van der Waals surface area contributed by atoms with Gasteiger partial charge in [0.05, 0.1) is 16.0 Å². The number of benzene rings is 1. The number of hydrogen-bond donors (Lipinski definition) is 3. The molecule has 0 radical (unpaired) electrons. The molecule has 0 bridgehead atoms. The lowest BCUT2D eigenvalue weighted by molar-refractivity contribution is -0.152. The van der Waals surface area contributed by atoms with E-state index < -0.39 is 17.5 Å². The van der Waals surface area contributed by atoms with E-state index in [1.807, 2.05) is 0 Å². The lowest BCUT2D eigenvalue weighted by Crippen LogP contribution is -2.50. The van der Waals surface area contributed by atoms with Gasteiger partial charge in [-0.05, 0) is 46.5 Å². The molecule has 1 aliphatic carbocycles. The summed E-state index contributed by atoms with van der Waals surface area (Å²) >= 11 is 3.15. The normalized spacial score (nSPS) is 28.5. The third kappa shape index (κ3) is 1.60. The van der Waals surface area contributed by atoms with Crippen molar-refractivity contribution in [2.45, 2.75) is 24.4 Å². The van der Waals surface area contributed by atoms with Gasteiger partial charge in [0, 0.05) is 0 Å². The quantitative estimate of drug-likeness (QED) is 0.772. The van der Waals surface area contributed by atoms with Crippen LogP contribution >= 0.6 is 15.9 Å². The summed E-state index contributed by atoms with van der Waals surface area (Å²) in [7, 11) is 0. The smallest absolute Gasteiger partial charge is 0.314 e. The summed E-state index contributed by atoms with van der Waals surface area (Å²) in [6.45, 7) is 0. The van der Waals surface area contributed by atoms with Crippen LogP contribution in [0.15, 0.2) is 22.7 Å². The Hall–Kier alpha value is -1.07. The molecule has 1 aromatic rings. The van der Waals surface area contributed by atoms with E-state index in [1.54, 1.807) is 12.1 Å². The van der Waals surface area contributed by atoms with Crippen LogP contribution in [0.2, 0.25) is 0 Å². The zero-order chi connectivity index (χ0) is 11.9. The molecular formula is C11H11BrO4. The Balaban J connectivity index is 2.41. The molecule has 0 heterocycles. The van der Waals surface area contributed by atoms with Crippen molar-refractivity contribution in [2.24, 2.45) is 0 Å². The monoisotopic (exact) mass is 286 g/mol. The van der Waals surface area contributed by atoms with Gasteiger partial charge in [-0.2, -0.15) is 0 Å². The second kappa shape index (κ2) is 3.75. The number of carboxylic acid groups (broad SMARTS) is 1. The molecule has 1 aromatic carbocycles. The van der Waals surface area contributed by atoms with E-state index in [0.29, 0.717) is 10.0 Å². The molecule has 1 fully saturated rings. The van der Waals surface area contributed by atoms with Crippen LogP contribution in [0.5, 0.6) is 5.75 Å². The van der Waals surface area contributed by atoms with Crippen molar-refractivity contribution in [3.05, 3.63) is 28.2 Å². The van der Waals surface area contributed by atoms with E-state index in [0.717, 1.165) is 0 Å². The van der Waals surface area contributed by atoms with E-state index in [-0.39, 0.29) is 18.6 Å². The number of carbonyl (C=O) groups is 1. The highest BCUT2D eigenvalue weighted by atomic mass is 79.9. The van der Waals surface area contributed by atoms with Crippen LogP contribution in [0.3, 0.4) is 0 Å². The summed E-state index contributed by atoms with van der Waals surface area (Å²) in [4.78, 5) is 11.3. The number of rotatable bonds is 2. The fourth-order valence-electron chi connectivity index (χ4n) is 2.08. The highest BCUT2D eigenvalue weighted by Crippen LogP contribution is 2.45. The summed E-state index contributed by atoms with van der Waals surface area (Å²) in [5, 5.41) is 27.9. The topological polar surface area (TPSA) is 77.8 Å². The minimum atomic E-state index is -1.00. The van der Waals surface area contributed by atoms with E-state index in [1.165, 1.54) is 6.07 Å². The number of carboxylic acids is 1. The Morgan fingerprint density at radius 3 is 2.50 bits per heavy atom. The number of aromatic hydroxyl groups is 1. The third-order valence-corrected chi connectivity index (χ3v) is 3.71. The number of phenolic OH excluding ortho intramolecular Hbond substituents is 1. The molecule has 1 saturated carbocycles. The van der Waals surface area contributed by atoms with Crippen LogP contribution in [0.25, 0.3) is 0 Å². The van der Waals surface area contributed by atoms with Crippen molar-refractivity contribution in [3.8, 4) is 5.75 Å². The van der Waals surface area contributed by atoms with Gasteiger partial charge in [0.1, 0.15) is 5.75 Å². The van der Waals surface area contributed by atoms with E-state index >= 15 is 0 Å². The first kappa shape index (κ1) is 11.4. The number of halogens is 1. The van der Waals surface area contributed by atoms with Crippen molar-refractivity contribution in [2.75, 3.05) is 0 Å². The van der Waals surface area contributed by atoms with Crippen LogP contribution in [-0.2, 0) is 10.2 Å². The standard InChI is InChI=1S/C11H11BrO4/c12-8-3-6(1-2-9(8)14)11(10(15)16)4-7(13)5-11/h1-3,7,13-14H,4-5H2,(H,15,16). The molecule has 0 aliphatic heterocycles.